The molecule has 0 saturated heterocycles. The highest BCUT2D eigenvalue weighted by molar-refractivity contribution is 5.52. The van der Waals surface area contributed by atoms with E-state index in [1.54, 1.807) is 0 Å². The van der Waals surface area contributed by atoms with Crippen LogP contribution < -0.4 is 15.5 Å². The predicted octanol–water partition coefficient (Wildman–Crippen LogP) is 1.01. The van der Waals surface area contributed by atoms with Gasteiger partial charge in [-0.25, -0.2) is 4.98 Å². The van der Waals surface area contributed by atoms with Gasteiger partial charge in [-0.3, -0.25) is 0 Å². The number of fused-ring (bicyclic) bond motifs is 1. The van der Waals surface area contributed by atoms with E-state index in [2.05, 4.69) is 34.4 Å². The van der Waals surface area contributed by atoms with Crippen LogP contribution in [0.1, 0.15) is 25.1 Å². The Hall–Kier alpha value is -1.36. The molecule has 17 heavy (non-hydrogen) atoms. The standard InChI is InChI=1S/C12H21N5/c1-8(2)14-11-9-7-13-6-5-10(9)15-12(16-11)17(3)4/h8,13H,5-7H2,1-4H3,(H,14,15,16). The van der Waals surface area contributed by atoms with Crippen LogP contribution in [-0.2, 0) is 13.0 Å². The van der Waals surface area contributed by atoms with E-state index in [0.717, 1.165) is 31.3 Å². The lowest BCUT2D eigenvalue weighted by Gasteiger charge is -2.23. The molecule has 94 valence electrons. The summed E-state index contributed by atoms with van der Waals surface area (Å²) in [4.78, 5) is 11.2. The Balaban J connectivity index is 2.42. The van der Waals surface area contributed by atoms with Crippen LogP contribution in [0.25, 0.3) is 0 Å². The normalized spacial score (nSPS) is 14.6. The molecule has 0 aromatic carbocycles. The summed E-state index contributed by atoms with van der Waals surface area (Å²) < 4.78 is 0. The first-order valence-corrected chi connectivity index (χ1v) is 6.12. The van der Waals surface area contributed by atoms with Gasteiger partial charge < -0.3 is 15.5 Å². The Morgan fingerprint density at radius 2 is 2.06 bits per heavy atom. The van der Waals surface area contributed by atoms with Gasteiger partial charge in [-0.1, -0.05) is 0 Å². The lowest BCUT2D eigenvalue weighted by molar-refractivity contribution is 0.625. The van der Waals surface area contributed by atoms with Gasteiger partial charge in [0.1, 0.15) is 5.82 Å². The van der Waals surface area contributed by atoms with Crippen LogP contribution >= 0.6 is 0 Å². The van der Waals surface area contributed by atoms with Gasteiger partial charge in [0.05, 0.1) is 5.69 Å². The number of aromatic nitrogens is 2. The van der Waals surface area contributed by atoms with Gasteiger partial charge in [-0.2, -0.15) is 4.98 Å². The number of nitrogens with zero attached hydrogens (tertiary/aromatic N) is 3. The van der Waals surface area contributed by atoms with Gasteiger partial charge in [0, 0.05) is 45.2 Å². The first-order chi connectivity index (χ1) is 8.08. The molecule has 0 fully saturated rings. The van der Waals surface area contributed by atoms with Crippen LogP contribution in [0.4, 0.5) is 11.8 Å². The monoisotopic (exact) mass is 235 g/mol. The molecule has 1 aliphatic heterocycles. The second-order valence-electron chi connectivity index (χ2n) is 4.92. The maximum Gasteiger partial charge on any atom is 0.227 e. The van der Waals surface area contributed by atoms with E-state index in [9.17, 15) is 0 Å². The second-order valence-corrected chi connectivity index (χ2v) is 4.92. The van der Waals surface area contributed by atoms with Crippen LogP contribution in [0.2, 0.25) is 0 Å². The molecule has 0 amide bonds. The minimum atomic E-state index is 0.380. The highest BCUT2D eigenvalue weighted by Crippen LogP contribution is 2.23. The van der Waals surface area contributed by atoms with Crippen molar-refractivity contribution in [2.24, 2.45) is 0 Å². The molecule has 2 heterocycles. The molecule has 5 nitrogen and oxygen atoms in total. The van der Waals surface area contributed by atoms with E-state index in [-0.39, 0.29) is 0 Å². The Morgan fingerprint density at radius 3 is 2.71 bits per heavy atom. The van der Waals surface area contributed by atoms with Crippen molar-refractivity contribution in [1.29, 1.82) is 0 Å². The fourth-order valence-electron chi connectivity index (χ4n) is 1.92. The smallest absolute Gasteiger partial charge is 0.227 e. The maximum atomic E-state index is 4.62. The Labute approximate surface area is 103 Å². The summed E-state index contributed by atoms with van der Waals surface area (Å²) in [5.41, 5.74) is 2.39. The summed E-state index contributed by atoms with van der Waals surface area (Å²) >= 11 is 0. The minimum absolute atomic E-state index is 0.380. The summed E-state index contributed by atoms with van der Waals surface area (Å²) in [6.45, 7) is 6.11. The molecule has 0 radical (unpaired) electrons. The fourth-order valence-corrected chi connectivity index (χ4v) is 1.92. The van der Waals surface area contributed by atoms with Gasteiger partial charge in [0.25, 0.3) is 0 Å². The van der Waals surface area contributed by atoms with Gasteiger partial charge in [-0.15, -0.1) is 0 Å². The summed E-state index contributed by atoms with van der Waals surface area (Å²) in [6, 6.07) is 0.380. The van der Waals surface area contributed by atoms with Crippen LogP contribution in [0.5, 0.6) is 0 Å². The van der Waals surface area contributed by atoms with Crippen molar-refractivity contribution in [3.8, 4) is 0 Å². The number of anilines is 2. The number of nitrogens with one attached hydrogen (secondary N) is 2. The van der Waals surface area contributed by atoms with E-state index in [1.807, 2.05) is 19.0 Å². The largest absolute Gasteiger partial charge is 0.367 e. The molecular formula is C12H21N5. The van der Waals surface area contributed by atoms with Gasteiger partial charge >= 0.3 is 0 Å². The average molecular weight is 235 g/mol. The third-order valence-electron chi connectivity index (χ3n) is 2.75. The zero-order valence-electron chi connectivity index (χ0n) is 11.0. The fraction of sp³-hybridized carbons (Fsp3) is 0.667. The van der Waals surface area contributed by atoms with Gasteiger partial charge in [0.15, 0.2) is 0 Å². The van der Waals surface area contributed by atoms with Crippen molar-refractivity contribution in [3.63, 3.8) is 0 Å². The third kappa shape index (κ3) is 2.66. The second kappa shape index (κ2) is 4.87. The summed E-state index contributed by atoms with van der Waals surface area (Å²) in [6.07, 6.45) is 0.978. The Bertz CT molecular complexity index is 400. The van der Waals surface area contributed by atoms with Crippen LogP contribution in [0.15, 0.2) is 0 Å². The molecule has 0 spiro atoms. The third-order valence-corrected chi connectivity index (χ3v) is 2.75. The van der Waals surface area contributed by atoms with Crippen molar-refractivity contribution in [3.05, 3.63) is 11.3 Å². The zero-order chi connectivity index (χ0) is 12.4. The first kappa shape index (κ1) is 12.1. The van der Waals surface area contributed by atoms with E-state index in [0.29, 0.717) is 6.04 Å². The van der Waals surface area contributed by atoms with Crippen molar-refractivity contribution >= 4 is 11.8 Å². The van der Waals surface area contributed by atoms with Crippen LogP contribution in [0.3, 0.4) is 0 Å². The van der Waals surface area contributed by atoms with Crippen molar-refractivity contribution in [2.75, 3.05) is 30.9 Å². The van der Waals surface area contributed by atoms with Gasteiger partial charge in [-0.05, 0) is 13.8 Å². The van der Waals surface area contributed by atoms with Crippen molar-refractivity contribution < 1.29 is 0 Å². The van der Waals surface area contributed by atoms with Crippen molar-refractivity contribution in [2.45, 2.75) is 32.9 Å². The molecule has 2 rings (SSSR count). The molecule has 1 aromatic rings. The molecule has 0 bridgehead atoms. The van der Waals surface area contributed by atoms with Crippen molar-refractivity contribution in [1.82, 2.24) is 15.3 Å². The number of rotatable bonds is 3. The van der Waals surface area contributed by atoms with E-state index < -0.39 is 0 Å². The molecule has 2 N–H and O–H groups in total. The minimum Gasteiger partial charge on any atom is -0.367 e. The highest BCUT2D eigenvalue weighted by Gasteiger charge is 2.18. The molecule has 0 atom stereocenters. The number of hydrogen-bond donors (Lipinski definition) is 2. The van der Waals surface area contributed by atoms with E-state index in [1.165, 1.54) is 11.3 Å². The molecule has 1 aliphatic rings. The summed E-state index contributed by atoms with van der Waals surface area (Å²) in [5.74, 6) is 1.76. The Kier molecular flexibility index (Phi) is 3.47. The SMILES string of the molecule is CC(C)Nc1nc(N(C)C)nc2c1CNCC2. The number of hydrogen-bond acceptors (Lipinski definition) is 5. The van der Waals surface area contributed by atoms with E-state index >= 15 is 0 Å². The topological polar surface area (TPSA) is 53.1 Å². The molecule has 0 aliphatic carbocycles. The Morgan fingerprint density at radius 1 is 1.29 bits per heavy atom. The molecule has 0 unspecified atom stereocenters. The van der Waals surface area contributed by atoms with E-state index in [4.69, 9.17) is 0 Å². The molecule has 1 aromatic heterocycles. The van der Waals surface area contributed by atoms with Gasteiger partial charge in [0.2, 0.25) is 5.95 Å². The summed E-state index contributed by atoms with van der Waals surface area (Å²) in [5, 5.41) is 6.78. The molecule has 5 heteroatoms. The highest BCUT2D eigenvalue weighted by atomic mass is 15.2. The predicted molar refractivity (Wildman–Crippen MR) is 70.5 cm³/mol. The molecule has 0 saturated carbocycles. The molecular weight excluding hydrogens is 214 g/mol. The van der Waals surface area contributed by atoms with Crippen LogP contribution in [0, 0.1) is 0 Å². The van der Waals surface area contributed by atoms with Crippen LogP contribution in [-0.4, -0.2) is 36.6 Å². The quantitative estimate of drug-likeness (QED) is 0.819. The maximum absolute atomic E-state index is 4.62. The zero-order valence-corrected chi connectivity index (χ0v) is 11.0. The average Bonchev–Trinajstić information content (AvgIpc) is 2.28. The lowest BCUT2D eigenvalue weighted by atomic mass is 10.1. The first-order valence-electron chi connectivity index (χ1n) is 6.12. The lowest BCUT2D eigenvalue weighted by Crippen LogP contribution is -2.28. The summed E-state index contributed by atoms with van der Waals surface area (Å²) in [7, 11) is 3.95.